The fourth-order valence-electron chi connectivity index (χ4n) is 5.14. The number of fused-ring (bicyclic) bond motifs is 1. The Bertz CT molecular complexity index is 1170. The topological polar surface area (TPSA) is 105 Å². The van der Waals surface area contributed by atoms with Gasteiger partial charge in [0.2, 0.25) is 11.8 Å². The summed E-state index contributed by atoms with van der Waals surface area (Å²) in [5, 5.41) is 5.79. The van der Waals surface area contributed by atoms with Crippen molar-refractivity contribution in [3.05, 3.63) is 59.2 Å². The predicted octanol–water partition coefficient (Wildman–Crippen LogP) is 2.31. The lowest BCUT2D eigenvalue weighted by molar-refractivity contribution is -0.136. The van der Waals surface area contributed by atoms with Crippen molar-refractivity contribution in [2.24, 2.45) is 5.92 Å². The molecule has 0 radical (unpaired) electrons. The molecule has 3 aliphatic heterocycles. The fraction of sp³-hybridized carbons (Fsp3) is 0.407. The molecule has 2 saturated heterocycles. The first-order valence-corrected chi connectivity index (χ1v) is 12.3. The Morgan fingerprint density at radius 1 is 0.914 bits per heavy atom. The summed E-state index contributed by atoms with van der Waals surface area (Å²) in [7, 11) is 0. The number of hydrogen-bond acceptors (Lipinski definition) is 6. The van der Waals surface area contributed by atoms with Crippen LogP contribution in [0.15, 0.2) is 42.5 Å². The molecule has 2 aromatic rings. The second-order valence-corrected chi connectivity index (χ2v) is 9.37. The molecule has 0 spiro atoms. The number of nitrogens with zero attached hydrogens (tertiary/aromatic N) is 1. The van der Waals surface area contributed by atoms with E-state index in [1.807, 2.05) is 24.3 Å². The largest absolute Gasteiger partial charge is 0.381 e. The van der Waals surface area contributed by atoms with Crippen LogP contribution in [0.2, 0.25) is 0 Å². The summed E-state index contributed by atoms with van der Waals surface area (Å²) in [6.07, 6.45) is 3.28. The van der Waals surface area contributed by atoms with Gasteiger partial charge in [-0.25, -0.2) is 0 Å². The van der Waals surface area contributed by atoms with Crippen LogP contribution in [0.4, 0.5) is 0 Å². The molecule has 3 heterocycles. The van der Waals surface area contributed by atoms with Crippen molar-refractivity contribution in [2.75, 3.05) is 26.3 Å². The summed E-state index contributed by atoms with van der Waals surface area (Å²) >= 11 is 0. The smallest absolute Gasteiger partial charge is 0.262 e. The van der Waals surface area contributed by atoms with E-state index in [9.17, 15) is 19.2 Å². The van der Waals surface area contributed by atoms with Gasteiger partial charge in [-0.15, -0.1) is 0 Å². The van der Waals surface area contributed by atoms with Crippen LogP contribution >= 0.6 is 0 Å². The Hall–Kier alpha value is -3.36. The number of rotatable bonds is 7. The van der Waals surface area contributed by atoms with Crippen LogP contribution in [0.5, 0.6) is 0 Å². The van der Waals surface area contributed by atoms with E-state index in [1.165, 1.54) is 0 Å². The Balaban J connectivity index is 1.31. The molecule has 3 aliphatic rings. The summed E-state index contributed by atoms with van der Waals surface area (Å²) in [5.74, 6) is -1.31. The monoisotopic (exact) mass is 475 g/mol. The molecular weight excluding hydrogens is 446 g/mol. The molecule has 182 valence electrons. The van der Waals surface area contributed by atoms with Crippen molar-refractivity contribution >= 4 is 23.6 Å². The molecule has 0 saturated carbocycles. The number of nitrogens with one attached hydrogen (secondary N) is 2. The highest BCUT2D eigenvalue weighted by atomic mass is 16.5. The van der Waals surface area contributed by atoms with Crippen molar-refractivity contribution in [2.45, 2.75) is 38.1 Å². The highest BCUT2D eigenvalue weighted by molar-refractivity contribution is 6.23. The van der Waals surface area contributed by atoms with E-state index in [4.69, 9.17) is 4.74 Å². The average molecular weight is 476 g/mol. The lowest BCUT2D eigenvalue weighted by Gasteiger charge is -2.27. The summed E-state index contributed by atoms with van der Waals surface area (Å²) in [4.78, 5) is 51.0. The first kappa shape index (κ1) is 23.4. The minimum atomic E-state index is -0.961. The van der Waals surface area contributed by atoms with Gasteiger partial charge in [-0.05, 0) is 73.5 Å². The maximum absolute atomic E-state index is 13.2. The molecule has 4 amide bonds. The lowest BCUT2D eigenvalue weighted by atomic mass is 9.95. The standard InChI is InChI=1S/C27H29N3O5/c31-24-8-7-23(25(32)29-24)30-26(33)21-6-5-19(15-22(21)27(30)34)20-4-2-1-3-18(20)9-12-28-16-17-10-13-35-14-11-17/h1-6,15,17,23,28H,7-14,16H2,(H,29,31,32). The number of carbonyl (C=O) groups excluding carboxylic acids is 4. The van der Waals surface area contributed by atoms with Gasteiger partial charge in [-0.2, -0.15) is 0 Å². The average Bonchev–Trinajstić information content (AvgIpc) is 3.12. The van der Waals surface area contributed by atoms with Gasteiger partial charge >= 0.3 is 0 Å². The van der Waals surface area contributed by atoms with E-state index < -0.39 is 23.8 Å². The number of ether oxygens (including phenoxy) is 1. The van der Waals surface area contributed by atoms with E-state index in [0.717, 1.165) is 67.2 Å². The highest BCUT2D eigenvalue weighted by Crippen LogP contribution is 2.32. The zero-order chi connectivity index (χ0) is 24.4. The number of piperidine rings is 1. The summed E-state index contributed by atoms with van der Waals surface area (Å²) in [5.41, 5.74) is 3.62. The summed E-state index contributed by atoms with van der Waals surface area (Å²) in [6, 6.07) is 12.4. The molecule has 0 aromatic heterocycles. The Kier molecular flexibility index (Phi) is 6.74. The SMILES string of the molecule is O=C1CCC(N2C(=O)c3ccc(-c4ccccc4CCNCC4CCOCC4)cc3C2=O)C(=O)N1. The van der Waals surface area contributed by atoms with Gasteiger partial charge in [0, 0.05) is 19.6 Å². The minimum Gasteiger partial charge on any atom is -0.381 e. The van der Waals surface area contributed by atoms with Gasteiger partial charge in [0.05, 0.1) is 11.1 Å². The molecule has 2 aromatic carbocycles. The normalized spacial score (nSPS) is 20.8. The predicted molar refractivity (Wildman–Crippen MR) is 129 cm³/mol. The molecular formula is C27H29N3O5. The molecule has 35 heavy (non-hydrogen) atoms. The molecule has 0 aliphatic carbocycles. The van der Waals surface area contributed by atoms with Crippen LogP contribution in [0.3, 0.4) is 0 Å². The van der Waals surface area contributed by atoms with E-state index in [2.05, 4.69) is 16.7 Å². The molecule has 0 bridgehead atoms. The number of imide groups is 2. The molecule has 1 atom stereocenters. The first-order valence-electron chi connectivity index (χ1n) is 12.3. The quantitative estimate of drug-likeness (QED) is 0.470. The molecule has 2 N–H and O–H groups in total. The van der Waals surface area contributed by atoms with E-state index >= 15 is 0 Å². The molecule has 8 nitrogen and oxygen atoms in total. The third-order valence-corrected chi connectivity index (χ3v) is 7.11. The van der Waals surface area contributed by atoms with Crippen LogP contribution < -0.4 is 10.6 Å². The van der Waals surface area contributed by atoms with Crippen molar-refractivity contribution in [3.63, 3.8) is 0 Å². The number of hydrogen-bond donors (Lipinski definition) is 2. The third-order valence-electron chi connectivity index (χ3n) is 7.11. The number of carbonyl (C=O) groups is 4. The maximum atomic E-state index is 13.2. The van der Waals surface area contributed by atoms with Crippen molar-refractivity contribution in [1.29, 1.82) is 0 Å². The van der Waals surface area contributed by atoms with Crippen LogP contribution in [0.25, 0.3) is 11.1 Å². The first-order chi connectivity index (χ1) is 17.0. The van der Waals surface area contributed by atoms with Gasteiger partial charge < -0.3 is 10.1 Å². The second-order valence-electron chi connectivity index (χ2n) is 9.37. The van der Waals surface area contributed by atoms with E-state index in [1.54, 1.807) is 12.1 Å². The van der Waals surface area contributed by atoms with E-state index in [-0.39, 0.29) is 18.7 Å². The number of amides is 4. The summed E-state index contributed by atoms with van der Waals surface area (Å²) in [6.45, 7) is 3.52. The highest BCUT2D eigenvalue weighted by Gasteiger charge is 2.44. The van der Waals surface area contributed by atoms with Crippen LogP contribution in [0, 0.1) is 5.92 Å². The third kappa shape index (κ3) is 4.76. The van der Waals surface area contributed by atoms with Crippen LogP contribution in [0.1, 0.15) is 52.0 Å². The fourth-order valence-corrected chi connectivity index (χ4v) is 5.14. The van der Waals surface area contributed by atoms with E-state index in [0.29, 0.717) is 17.0 Å². The zero-order valence-corrected chi connectivity index (χ0v) is 19.5. The van der Waals surface area contributed by atoms with Crippen molar-refractivity contribution in [3.8, 4) is 11.1 Å². The Morgan fingerprint density at radius 3 is 2.49 bits per heavy atom. The van der Waals surface area contributed by atoms with Gasteiger partial charge in [-0.3, -0.25) is 29.4 Å². The maximum Gasteiger partial charge on any atom is 0.262 e. The molecule has 1 unspecified atom stereocenters. The lowest BCUT2D eigenvalue weighted by Crippen LogP contribution is -2.54. The molecule has 8 heteroatoms. The van der Waals surface area contributed by atoms with Gasteiger partial charge in [0.15, 0.2) is 0 Å². The second kappa shape index (κ2) is 10.1. The number of benzene rings is 2. The van der Waals surface area contributed by atoms with Gasteiger partial charge in [-0.1, -0.05) is 30.3 Å². The van der Waals surface area contributed by atoms with Crippen LogP contribution in [-0.4, -0.2) is 60.9 Å². The molecule has 2 fully saturated rings. The summed E-state index contributed by atoms with van der Waals surface area (Å²) < 4.78 is 5.43. The molecule has 5 rings (SSSR count). The zero-order valence-electron chi connectivity index (χ0n) is 19.5. The van der Waals surface area contributed by atoms with Crippen LogP contribution in [-0.2, 0) is 20.7 Å². The van der Waals surface area contributed by atoms with Gasteiger partial charge in [0.25, 0.3) is 11.8 Å². The van der Waals surface area contributed by atoms with Crippen molar-refractivity contribution in [1.82, 2.24) is 15.5 Å². The Morgan fingerprint density at radius 2 is 1.69 bits per heavy atom. The van der Waals surface area contributed by atoms with Crippen molar-refractivity contribution < 1.29 is 23.9 Å². The minimum absolute atomic E-state index is 0.102. The van der Waals surface area contributed by atoms with Gasteiger partial charge in [0.1, 0.15) is 6.04 Å². The Labute approximate surface area is 204 Å².